The molecule has 2 aromatic rings. The zero-order chi connectivity index (χ0) is 19.5. The Morgan fingerprint density at radius 3 is 2.44 bits per heavy atom. The van der Waals surface area contributed by atoms with Gasteiger partial charge >= 0.3 is 0 Å². The minimum absolute atomic E-state index is 0.224. The number of ether oxygens (including phenoxy) is 2. The van der Waals surface area contributed by atoms with E-state index in [1.807, 2.05) is 38.1 Å². The van der Waals surface area contributed by atoms with Crippen molar-refractivity contribution in [3.63, 3.8) is 0 Å². The van der Waals surface area contributed by atoms with Crippen LogP contribution in [-0.2, 0) is 13.0 Å². The average Bonchev–Trinajstić information content (AvgIpc) is 2.68. The first-order valence-corrected chi connectivity index (χ1v) is 9.24. The van der Waals surface area contributed by atoms with Crippen molar-refractivity contribution in [1.29, 1.82) is 0 Å². The first kappa shape index (κ1) is 20.6. The van der Waals surface area contributed by atoms with E-state index in [2.05, 4.69) is 15.6 Å². The lowest BCUT2D eigenvalue weighted by atomic mass is 10.1. The zero-order valence-electron chi connectivity index (χ0n) is 16.2. The maximum absolute atomic E-state index is 13.7. The molecule has 0 spiro atoms. The monoisotopic (exact) mass is 373 g/mol. The Labute approximate surface area is 160 Å². The number of halogens is 1. The number of hydrogen-bond donors (Lipinski definition) is 2. The highest BCUT2D eigenvalue weighted by molar-refractivity contribution is 5.79. The van der Waals surface area contributed by atoms with E-state index in [-0.39, 0.29) is 5.82 Å². The summed E-state index contributed by atoms with van der Waals surface area (Å²) in [4.78, 5) is 4.18. The summed E-state index contributed by atoms with van der Waals surface area (Å²) in [6.45, 7) is 6.17. The number of benzene rings is 2. The quantitative estimate of drug-likeness (QED) is 0.522. The summed E-state index contributed by atoms with van der Waals surface area (Å²) >= 11 is 0. The maximum Gasteiger partial charge on any atom is 0.191 e. The Kier molecular flexibility index (Phi) is 8.42. The normalized spacial score (nSPS) is 11.2. The average molecular weight is 373 g/mol. The SMILES string of the molecule is CCOc1ccc(CCNC(=NC)NCc2ccccc2F)cc1OCC. The Morgan fingerprint density at radius 1 is 1.00 bits per heavy atom. The molecule has 0 saturated heterocycles. The lowest BCUT2D eigenvalue weighted by molar-refractivity contribution is 0.287. The third-order valence-electron chi connectivity index (χ3n) is 3.94. The Hall–Kier alpha value is -2.76. The second kappa shape index (κ2) is 11.1. The standard InChI is InChI=1S/C21H28FN3O2/c1-4-26-19-11-10-16(14-20(19)27-5-2)12-13-24-21(23-3)25-15-17-8-6-7-9-18(17)22/h6-11,14H,4-5,12-13,15H2,1-3H3,(H2,23,24,25). The molecule has 2 aromatic carbocycles. The van der Waals surface area contributed by atoms with E-state index in [4.69, 9.17) is 9.47 Å². The van der Waals surface area contributed by atoms with Gasteiger partial charge in [0.2, 0.25) is 0 Å². The van der Waals surface area contributed by atoms with Crippen LogP contribution < -0.4 is 20.1 Å². The summed E-state index contributed by atoms with van der Waals surface area (Å²) in [7, 11) is 1.70. The smallest absolute Gasteiger partial charge is 0.191 e. The van der Waals surface area contributed by atoms with Crippen molar-refractivity contribution < 1.29 is 13.9 Å². The summed E-state index contributed by atoms with van der Waals surface area (Å²) in [6, 6.07) is 12.7. The molecule has 5 nitrogen and oxygen atoms in total. The molecular weight excluding hydrogens is 345 g/mol. The van der Waals surface area contributed by atoms with Gasteiger partial charge < -0.3 is 20.1 Å². The van der Waals surface area contributed by atoms with Crippen LogP contribution in [0.4, 0.5) is 4.39 Å². The number of guanidine groups is 1. The highest BCUT2D eigenvalue weighted by Gasteiger charge is 2.07. The molecule has 0 saturated carbocycles. The molecule has 0 bridgehead atoms. The van der Waals surface area contributed by atoms with E-state index in [0.29, 0.717) is 37.8 Å². The molecule has 0 atom stereocenters. The molecule has 0 unspecified atom stereocenters. The van der Waals surface area contributed by atoms with E-state index >= 15 is 0 Å². The molecule has 0 radical (unpaired) electrons. The van der Waals surface area contributed by atoms with Crippen LogP contribution in [0.25, 0.3) is 0 Å². The number of hydrogen-bond acceptors (Lipinski definition) is 3. The molecule has 27 heavy (non-hydrogen) atoms. The van der Waals surface area contributed by atoms with Crippen molar-refractivity contribution in [1.82, 2.24) is 10.6 Å². The minimum atomic E-state index is -0.224. The molecule has 0 aliphatic carbocycles. The molecule has 0 heterocycles. The van der Waals surface area contributed by atoms with Crippen LogP contribution in [0.1, 0.15) is 25.0 Å². The molecule has 0 fully saturated rings. The van der Waals surface area contributed by atoms with Crippen LogP contribution in [0.15, 0.2) is 47.5 Å². The molecule has 0 aliphatic rings. The first-order chi connectivity index (χ1) is 13.2. The summed E-state index contributed by atoms with van der Waals surface area (Å²) in [6.07, 6.45) is 0.798. The molecule has 0 amide bonds. The summed E-state index contributed by atoms with van der Waals surface area (Å²) in [5.41, 5.74) is 1.74. The second-order valence-corrected chi connectivity index (χ2v) is 5.84. The Bertz CT molecular complexity index is 750. The van der Waals surface area contributed by atoms with Crippen molar-refractivity contribution in [3.8, 4) is 11.5 Å². The highest BCUT2D eigenvalue weighted by Crippen LogP contribution is 2.28. The van der Waals surface area contributed by atoms with E-state index in [1.54, 1.807) is 19.2 Å². The fourth-order valence-electron chi connectivity index (χ4n) is 2.62. The van der Waals surface area contributed by atoms with Crippen LogP contribution in [0, 0.1) is 5.82 Å². The summed E-state index contributed by atoms with van der Waals surface area (Å²) < 4.78 is 24.9. The van der Waals surface area contributed by atoms with E-state index in [1.165, 1.54) is 6.07 Å². The fourth-order valence-corrected chi connectivity index (χ4v) is 2.62. The predicted molar refractivity (Wildman–Crippen MR) is 107 cm³/mol. The van der Waals surface area contributed by atoms with Gasteiger partial charge in [-0.25, -0.2) is 4.39 Å². The summed E-state index contributed by atoms with van der Waals surface area (Å²) in [5.74, 6) is 1.94. The van der Waals surface area contributed by atoms with Gasteiger partial charge in [-0.1, -0.05) is 24.3 Å². The second-order valence-electron chi connectivity index (χ2n) is 5.84. The van der Waals surface area contributed by atoms with Crippen molar-refractivity contribution in [2.45, 2.75) is 26.8 Å². The third kappa shape index (κ3) is 6.47. The van der Waals surface area contributed by atoms with Crippen molar-refractivity contribution in [2.24, 2.45) is 4.99 Å². The number of aliphatic imine (C=N–C) groups is 1. The number of rotatable bonds is 9. The fraction of sp³-hybridized carbons (Fsp3) is 0.381. The molecule has 6 heteroatoms. The van der Waals surface area contributed by atoms with Crippen LogP contribution in [-0.4, -0.2) is 32.8 Å². The van der Waals surface area contributed by atoms with Crippen LogP contribution in [0.3, 0.4) is 0 Å². The third-order valence-corrected chi connectivity index (χ3v) is 3.94. The number of nitrogens with one attached hydrogen (secondary N) is 2. The van der Waals surface area contributed by atoms with Gasteiger partial charge in [-0.15, -0.1) is 0 Å². The molecule has 0 aromatic heterocycles. The van der Waals surface area contributed by atoms with Gasteiger partial charge in [0, 0.05) is 25.7 Å². The highest BCUT2D eigenvalue weighted by atomic mass is 19.1. The topological polar surface area (TPSA) is 54.9 Å². The summed E-state index contributed by atoms with van der Waals surface area (Å²) in [5, 5.41) is 6.37. The zero-order valence-corrected chi connectivity index (χ0v) is 16.2. The van der Waals surface area contributed by atoms with Gasteiger partial charge in [-0.05, 0) is 44.0 Å². The van der Waals surface area contributed by atoms with Gasteiger partial charge in [0.1, 0.15) is 5.82 Å². The van der Waals surface area contributed by atoms with E-state index in [9.17, 15) is 4.39 Å². The van der Waals surface area contributed by atoms with Crippen molar-refractivity contribution in [2.75, 3.05) is 26.8 Å². The maximum atomic E-state index is 13.7. The van der Waals surface area contributed by atoms with Gasteiger partial charge in [-0.2, -0.15) is 0 Å². The molecule has 2 N–H and O–H groups in total. The van der Waals surface area contributed by atoms with E-state index < -0.39 is 0 Å². The Morgan fingerprint density at radius 2 is 1.74 bits per heavy atom. The van der Waals surface area contributed by atoms with Crippen molar-refractivity contribution >= 4 is 5.96 Å². The Balaban J connectivity index is 1.86. The van der Waals surface area contributed by atoms with Gasteiger partial charge in [0.25, 0.3) is 0 Å². The molecule has 146 valence electrons. The van der Waals surface area contributed by atoms with Crippen molar-refractivity contribution in [3.05, 3.63) is 59.4 Å². The van der Waals surface area contributed by atoms with Crippen LogP contribution in [0.5, 0.6) is 11.5 Å². The molecule has 0 aliphatic heterocycles. The van der Waals surface area contributed by atoms with Gasteiger partial charge in [0.15, 0.2) is 17.5 Å². The number of nitrogens with zero attached hydrogens (tertiary/aromatic N) is 1. The molecule has 2 rings (SSSR count). The van der Waals surface area contributed by atoms with Gasteiger partial charge in [0.05, 0.1) is 13.2 Å². The van der Waals surface area contributed by atoms with E-state index in [0.717, 1.165) is 23.5 Å². The first-order valence-electron chi connectivity index (χ1n) is 9.24. The predicted octanol–water partition coefficient (Wildman–Crippen LogP) is 3.53. The minimum Gasteiger partial charge on any atom is -0.490 e. The van der Waals surface area contributed by atoms with Gasteiger partial charge in [-0.3, -0.25) is 4.99 Å². The molecular formula is C21H28FN3O2. The lowest BCUT2D eigenvalue weighted by Crippen LogP contribution is -2.38. The largest absolute Gasteiger partial charge is 0.490 e. The van der Waals surface area contributed by atoms with Crippen LogP contribution >= 0.6 is 0 Å². The van der Waals surface area contributed by atoms with Crippen LogP contribution in [0.2, 0.25) is 0 Å². The lowest BCUT2D eigenvalue weighted by Gasteiger charge is -2.14.